The number of benzene rings is 2. The fraction of sp³-hybridized carbons (Fsp3) is 0.238. The third-order valence-corrected chi connectivity index (χ3v) is 5.28. The van der Waals surface area contributed by atoms with Gasteiger partial charge in [0.1, 0.15) is 12.1 Å². The number of ketones is 1. The lowest BCUT2D eigenvalue weighted by Gasteiger charge is -2.22. The number of carbonyl (C=O) groups is 4. The van der Waals surface area contributed by atoms with Gasteiger partial charge in [-0.15, -0.1) is 0 Å². The predicted octanol–water partition coefficient (Wildman–Crippen LogP) is 2.22. The Kier molecular flexibility index (Phi) is 4.22. The van der Waals surface area contributed by atoms with Gasteiger partial charge in [0.2, 0.25) is 5.91 Å². The molecule has 4 rings (SSSR count). The number of fused-ring (bicyclic) bond motifs is 2. The zero-order valence-corrected chi connectivity index (χ0v) is 15.3. The van der Waals surface area contributed by atoms with Crippen molar-refractivity contribution in [2.24, 2.45) is 0 Å². The van der Waals surface area contributed by atoms with Gasteiger partial charge in [-0.2, -0.15) is 0 Å². The quantitative estimate of drug-likeness (QED) is 0.631. The maximum Gasteiger partial charge on any atom is 0.325 e. The molecule has 2 aromatic carbocycles. The van der Waals surface area contributed by atoms with Crippen LogP contribution in [0.1, 0.15) is 34.8 Å². The molecule has 0 aromatic heterocycles. The van der Waals surface area contributed by atoms with Gasteiger partial charge in [-0.3, -0.25) is 19.3 Å². The van der Waals surface area contributed by atoms with E-state index < -0.39 is 23.4 Å². The summed E-state index contributed by atoms with van der Waals surface area (Å²) >= 11 is 0. The van der Waals surface area contributed by atoms with Gasteiger partial charge in [0.15, 0.2) is 5.78 Å². The van der Waals surface area contributed by atoms with Crippen molar-refractivity contribution in [3.05, 3.63) is 65.2 Å². The number of rotatable bonds is 4. The molecule has 142 valence electrons. The number of nitrogens with zero attached hydrogens (tertiary/aromatic N) is 1. The summed E-state index contributed by atoms with van der Waals surface area (Å²) in [6.07, 6.45) is 1.18. The van der Waals surface area contributed by atoms with E-state index in [4.69, 9.17) is 0 Å². The molecule has 1 aliphatic carbocycles. The molecular formula is C21H19N3O4. The number of anilines is 1. The average molecular weight is 377 g/mol. The van der Waals surface area contributed by atoms with Crippen LogP contribution in [-0.4, -0.2) is 35.1 Å². The molecular weight excluding hydrogens is 358 g/mol. The fourth-order valence-electron chi connectivity index (χ4n) is 3.89. The van der Waals surface area contributed by atoms with Crippen molar-refractivity contribution in [1.82, 2.24) is 10.2 Å². The maximum atomic E-state index is 13.1. The van der Waals surface area contributed by atoms with Gasteiger partial charge in [0.05, 0.1) is 0 Å². The predicted molar refractivity (Wildman–Crippen MR) is 102 cm³/mol. The van der Waals surface area contributed by atoms with Crippen LogP contribution >= 0.6 is 0 Å². The average Bonchev–Trinajstić information content (AvgIpc) is 3.16. The molecule has 1 heterocycles. The molecule has 0 unspecified atom stereocenters. The smallest absolute Gasteiger partial charge is 0.325 e. The Morgan fingerprint density at radius 1 is 1.14 bits per heavy atom. The molecule has 0 bridgehead atoms. The number of nitrogens with one attached hydrogen (secondary N) is 2. The molecule has 1 fully saturated rings. The van der Waals surface area contributed by atoms with E-state index in [-0.39, 0.29) is 12.3 Å². The molecule has 1 saturated heterocycles. The standard InChI is InChI=1S/C21H19N3O4/c1-13(25)15-6-4-7-16(11-15)22-18(26)12-24-19(27)21(23-20(24)28)10-9-14-5-2-3-8-17(14)21/h2-8,11H,9-10,12H2,1H3,(H,22,26)(H,23,28)/t21-/m0/s1. The van der Waals surface area contributed by atoms with E-state index in [0.29, 0.717) is 24.1 Å². The largest absolute Gasteiger partial charge is 0.325 e. The second kappa shape index (κ2) is 6.60. The summed E-state index contributed by atoms with van der Waals surface area (Å²) < 4.78 is 0. The molecule has 28 heavy (non-hydrogen) atoms. The summed E-state index contributed by atoms with van der Waals surface area (Å²) in [4.78, 5) is 50.4. The first-order chi connectivity index (χ1) is 13.4. The highest BCUT2D eigenvalue weighted by Crippen LogP contribution is 2.41. The van der Waals surface area contributed by atoms with E-state index in [1.54, 1.807) is 24.3 Å². The zero-order chi connectivity index (χ0) is 19.9. The number of aryl methyl sites for hydroxylation is 1. The molecule has 0 saturated carbocycles. The zero-order valence-electron chi connectivity index (χ0n) is 15.3. The van der Waals surface area contributed by atoms with Crippen molar-refractivity contribution >= 4 is 29.3 Å². The van der Waals surface area contributed by atoms with Crippen molar-refractivity contribution in [2.75, 3.05) is 11.9 Å². The number of hydrogen-bond acceptors (Lipinski definition) is 4. The van der Waals surface area contributed by atoms with Gasteiger partial charge in [0, 0.05) is 11.3 Å². The molecule has 2 N–H and O–H groups in total. The number of Topliss-reactive ketones (excluding diaryl/α,β-unsaturated/α-hetero) is 1. The van der Waals surface area contributed by atoms with E-state index in [9.17, 15) is 19.2 Å². The first-order valence-corrected chi connectivity index (χ1v) is 9.04. The van der Waals surface area contributed by atoms with Crippen LogP contribution in [0.5, 0.6) is 0 Å². The van der Waals surface area contributed by atoms with Crippen molar-refractivity contribution in [2.45, 2.75) is 25.3 Å². The normalized spacial score (nSPS) is 20.2. The minimum Gasteiger partial charge on any atom is -0.325 e. The molecule has 1 spiro atoms. The summed E-state index contributed by atoms with van der Waals surface area (Å²) in [6, 6.07) is 13.5. The monoisotopic (exact) mass is 377 g/mol. The van der Waals surface area contributed by atoms with Crippen LogP contribution in [0.4, 0.5) is 10.5 Å². The lowest BCUT2D eigenvalue weighted by Crippen LogP contribution is -2.43. The van der Waals surface area contributed by atoms with Crippen molar-refractivity contribution in [3.8, 4) is 0 Å². The van der Waals surface area contributed by atoms with E-state index in [1.807, 2.05) is 24.3 Å². The topological polar surface area (TPSA) is 95.6 Å². The fourth-order valence-corrected chi connectivity index (χ4v) is 3.89. The van der Waals surface area contributed by atoms with Crippen LogP contribution in [0.2, 0.25) is 0 Å². The number of carbonyl (C=O) groups excluding carboxylic acids is 4. The van der Waals surface area contributed by atoms with Crippen LogP contribution in [-0.2, 0) is 21.5 Å². The van der Waals surface area contributed by atoms with E-state index in [1.165, 1.54) is 6.92 Å². The summed E-state index contributed by atoms with van der Waals surface area (Å²) in [5, 5.41) is 5.43. The molecule has 0 radical (unpaired) electrons. The van der Waals surface area contributed by atoms with Crippen molar-refractivity contribution < 1.29 is 19.2 Å². The van der Waals surface area contributed by atoms with Crippen LogP contribution in [0.3, 0.4) is 0 Å². The van der Waals surface area contributed by atoms with Gasteiger partial charge < -0.3 is 10.6 Å². The Balaban J connectivity index is 1.51. The number of urea groups is 1. The van der Waals surface area contributed by atoms with Gasteiger partial charge in [0.25, 0.3) is 5.91 Å². The second-order valence-electron chi connectivity index (χ2n) is 7.07. The van der Waals surface area contributed by atoms with E-state index >= 15 is 0 Å². The molecule has 1 aliphatic heterocycles. The van der Waals surface area contributed by atoms with Crippen LogP contribution < -0.4 is 10.6 Å². The Morgan fingerprint density at radius 3 is 2.71 bits per heavy atom. The molecule has 4 amide bonds. The third-order valence-electron chi connectivity index (χ3n) is 5.28. The van der Waals surface area contributed by atoms with Gasteiger partial charge in [-0.1, -0.05) is 36.4 Å². The van der Waals surface area contributed by atoms with Crippen LogP contribution in [0.25, 0.3) is 0 Å². The van der Waals surface area contributed by atoms with Gasteiger partial charge in [-0.05, 0) is 43.0 Å². The Labute approximate surface area is 161 Å². The van der Waals surface area contributed by atoms with Crippen LogP contribution in [0, 0.1) is 0 Å². The highest BCUT2D eigenvalue weighted by molar-refractivity contribution is 6.11. The minimum atomic E-state index is -1.08. The Bertz CT molecular complexity index is 1020. The summed E-state index contributed by atoms with van der Waals surface area (Å²) in [6.45, 7) is 1.05. The Hall–Kier alpha value is -3.48. The number of imide groups is 1. The van der Waals surface area contributed by atoms with Gasteiger partial charge >= 0.3 is 6.03 Å². The summed E-state index contributed by atoms with van der Waals surface area (Å²) in [5.41, 5.74) is 1.65. The third kappa shape index (κ3) is 2.85. The summed E-state index contributed by atoms with van der Waals surface area (Å²) in [5.74, 6) is -1.03. The molecule has 7 heteroatoms. The minimum absolute atomic E-state index is 0.118. The first-order valence-electron chi connectivity index (χ1n) is 9.04. The summed E-state index contributed by atoms with van der Waals surface area (Å²) in [7, 11) is 0. The number of amides is 4. The number of hydrogen-bond donors (Lipinski definition) is 2. The SMILES string of the molecule is CC(=O)c1cccc(NC(=O)CN2C(=O)N[C@]3(CCc4ccccc43)C2=O)c1. The van der Waals surface area contributed by atoms with Crippen molar-refractivity contribution in [1.29, 1.82) is 0 Å². The Morgan fingerprint density at radius 2 is 1.93 bits per heavy atom. The van der Waals surface area contributed by atoms with Crippen molar-refractivity contribution in [3.63, 3.8) is 0 Å². The second-order valence-corrected chi connectivity index (χ2v) is 7.07. The molecule has 7 nitrogen and oxygen atoms in total. The van der Waals surface area contributed by atoms with Crippen LogP contribution in [0.15, 0.2) is 48.5 Å². The van der Waals surface area contributed by atoms with E-state index in [0.717, 1.165) is 16.0 Å². The molecule has 2 aliphatic rings. The van der Waals surface area contributed by atoms with Gasteiger partial charge in [-0.25, -0.2) is 4.79 Å². The highest BCUT2D eigenvalue weighted by atomic mass is 16.2. The lowest BCUT2D eigenvalue weighted by atomic mass is 9.92. The lowest BCUT2D eigenvalue weighted by molar-refractivity contribution is -0.134. The molecule has 1 atom stereocenters. The van der Waals surface area contributed by atoms with E-state index in [2.05, 4.69) is 10.6 Å². The molecule has 2 aromatic rings. The maximum absolute atomic E-state index is 13.1. The first kappa shape index (κ1) is 17.9. The highest BCUT2D eigenvalue weighted by Gasteiger charge is 2.55.